The van der Waals surface area contributed by atoms with E-state index in [9.17, 15) is 18.4 Å². The van der Waals surface area contributed by atoms with Crippen molar-refractivity contribution in [3.8, 4) is 11.5 Å². The summed E-state index contributed by atoms with van der Waals surface area (Å²) >= 11 is 0. The maximum atomic E-state index is 12.5. The van der Waals surface area contributed by atoms with Crippen LogP contribution in [0.4, 0.5) is 8.78 Å². The van der Waals surface area contributed by atoms with E-state index in [1.54, 1.807) is 24.3 Å². The molecule has 0 heterocycles. The zero-order chi connectivity index (χ0) is 19.8. The number of carbonyl (C=O) groups is 2. The number of amides is 2. The normalized spacial score (nSPS) is 10.4. The van der Waals surface area contributed by atoms with Crippen LogP contribution in [0.2, 0.25) is 0 Å². The molecule has 0 radical (unpaired) electrons. The van der Waals surface area contributed by atoms with Gasteiger partial charge in [-0.05, 0) is 42.8 Å². The minimum atomic E-state index is -3.03. The minimum absolute atomic E-state index is 0.104. The molecule has 0 saturated heterocycles. The van der Waals surface area contributed by atoms with Gasteiger partial charge in [0, 0.05) is 24.2 Å². The summed E-state index contributed by atoms with van der Waals surface area (Å²) in [6.45, 7) is -0.444. The van der Waals surface area contributed by atoms with Crippen molar-refractivity contribution < 1.29 is 27.8 Å². The average Bonchev–Trinajstić information content (AvgIpc) is 2.66. The Hall–Kier alpha value is -3.16. The van der Waals surface area contributed by atoms with E-state index in [1.807, 2.05) is 6.92 Å². The molecule has 2 N–H and O–H groups in total. The zero-order valence-electron chi connectivity index (χ0n) is 14.9. The number of alkyl halides is 2. The van der Waals surface area contributed by atoms with Crippen molar-refractivity contribution in [1.29, 1.82) is 0 Å². The fraction of sp³-hybridized carbons (Fsp3) is 0.263. The van der Waals surface area contributed by atoms with Crippen molar-refractivity contribution in [1.82, 2.24) is 10.6 Å². The Morgan fingerprint density at radius 1 is 0.963 bits per heavy atom. The van der Waals surface area contributed by atoms with Crippen LogP contribution in [0.5, 0.6) is 11.5 Å². The highest BCUT2D eigenvalue weighted by atomic mass is 19.3. The third-order valence-electron chi connectivity index (χ3n) is 3.65. The fourth-order valence-corrected chi connectivity index (χ4v) is 2.33. The second-order valence-electron chi connectivity index (χ2n) is 5.48. The summed E-state index contributed by atoms with van der Waals surface area (Å²) < 4.78 is 34.2. The Bertz CT molecular complexity index is 795. The van der Waals surface area contributed by atoms with Crippen LogP contribution in [-0.4, -0.2) is 32.1 Å². The third kappa shape index (κ3) is 5.67. The number of benzene rings is 2. The fourth-order valence-electron chi connectivity index (χ4n) is 2.33. The number of rotatable bonds is 8. The summed E-state index contributed by atoms with van der Waals surface area (Å²) in [5.41, 5.74) is 1.47. The first kappa shape index (κ1) is 20.2. The number of hydrogen-bond donors (Lipinski definition) is 2. The second-order valence-corrected chi connectivity index (χ2v) is 5.48. The molecule has 0 aromatic heterocycles. The van der Waals surface area contributed by atoms with Crippen LogP contribution < -0.4 is 20.1 Å². The number of carbonyl (C=O) groups excluding carboxylic acids is 2. The lowest BCUT2D eigenvalue weighted by atomic mass is 10.1. The van der Waals surface area contributed by atoms with Gasteiger partial charge < -0.3 is 20.1 Å². The van der Waals surface area contributed by atoms with Gasteiger partial charge in [0.1, 0.15) is 0 Å². The summed E-state index contributed by atoms with van der Waals surface area (Å²) in [7, 11) is 1.32. The van der Waals surface area contributed by atoms with Crippen LogP contribution in [0.3, 0.4) is 0 Å². The van der Waals surface area contributed by atoms with Crippen LogP contribution in [-0.2, 0) is 6.54 Å². The highest BCUT2D eigenvalue weighted by molar-refractivity contribution is 5.95. The molecule has 0 atom stereocenters. The number of methoxy groups -OCH3 is 1. The largest absolute Gasteiger partial charge is 0.493 e. The Labute approximate surface area is 155 Å². The van der Waals surface area contributed by atoms with E-state index in [2.05, 4.69) is 15.4 Å². The van der Waals surface area contributed by atoms with E-state index in [4.69, 9.17) is 4.74 Å². The molecule has 144 valence electrons. The monoisotopic (exact) mass is 378 g/mol. The molecule has 2 amide bonds. The predicted octanol–water partition coefficient (Wildman–Crippen LogP) is 2.98. The first-order valence-corrected chi connectivity index (χ1v) is 8.22. The molecule has 0 aliphatic rings. The number of nitrogens with one attached hydrogen (secondary N) is 2. The van der Waals surface area contributed by atoms with Crippen molar-refractivity contribution in [3.63, 3.8) is 0 Å². The van der Waals surface area contributed by atoms with Crippen molar-refractivity contribution in [2.45, 2.75) is 20.1 Å². The first-order valence-electron chi connectivity index (χ1n) is 8.22. The summed E-state index contributed by atoms with van der Waals surface area (Å²) in [6.07, 6.45) is 0. The van der Waals surface area contributed by atoms with E-state index in [0.29, 0.717) is 12.1 Å². The Morgan fingerprint density at radius 2 is 1.59 bits per heavy atom. The van der Waals surface area contributed by atoms with Crippen molar-refractivity contribution in [2.75, 3.05) is 13.7 Å². The van der Waals surface area contributed by atoms with Gasteiger partial charge in [-0.15, -0.1) is 0 Å². The Balaban J connectivity index is 2.02. The van der Waals surface area contributed by atoms with Gasteiger partial charge in [-0.25, -0.2) is 0 Å². The second kappa shape index (κ2) is 9.51. The molecule has 8 heteroatoms. The summed E-state index contributed by atoms with van der Waals surface area (Å²) in [5, 5.41) is 5.38. The van der Waals surface area contributed by atoms with Gasteiger partial charge in [0.2, 0.25) is 0 Å². The van der Waals surface area contributed by atoms with Crippen LogP contribution in [0.25, 0.3) is 0 Å². The number of ether oxygens (including phenoxy) is 2. The molecule has 0 aliphatic heterocycles. The van der Waals surface area contributed by atoms with Crippen molar-refractivity contribution in [2.24, 2.45) is 0 Å². The minimum Gasteiger partial charge on any atom is -0.493 e. The quantitative estimate of drug-likeness (QED) is 0.740. The maximum absolute atomic E-state index is 12.5. The molecule has 6 nitrogen and oxygen atoms in total. The zero-order valence-corrected chi connectivity index (χ0v) is 14.9. The molecule has 2 aromatic carbocycles. The molecule has 0 saturated carbocycles. The highest BCUT2D eigenvalue weighted by Crippen LogP contribution is 2.29. The lowest BCUT2D eigenvalue weighted by Crippen LogP contribution is -2.24. The van der Waals surface area contributed by atoms with E-state index in [1.165, 1.54) is 25.3 Å². The molecule has 0 aliphatic carbocycles. The Morgan fingerprint density at radius 3 is 2.19 bits per heavy atom. The predicted molar refractivity (Wildman–Crippen MR) is 95.2 cm³/mol. The highest BCUT2D eigenvalue weighted by Gasteiger charge is 2.14. The molecule has 2 aromatic rings. The smallest absolute Gasteiger partial charge is 0.387 e. The van der Waals surface area contributed by atoms with Crippen LogP contribution >= 0.6 is 0 Å². The molecule has 0 fully saturated rings. The topological polar surface area (TPSA) is 76.7 Å². The number of hydrogen-bond acceptors (Lipinski definition) is 4. The van der Waals surface area contributed by atoms with Gasteiger partial charge in [-0.3, -0.25) is 9.59 Å². The average molecular weight is 378 g/mol. The van der Waals surface area contributed by atoms with Crippen LogP contribution in [0.15, 0.2) is 42.5 Å². The summed E-state index contributed by atoms with van der Waals surface area (Å²) in [4.78, 5) is 24.0. The van der Waals surface area contributed by atoms with Gasteiger partial charge in [0.25, 0.3) is 11.8 Å². The first-order chi connectivity index (χ1) is 12.9. The van der Waals surface area contributed by atoms with E-state index in [-0.39, 0.29) is 29.5 Å². The van der Waals surface area contributed by atoms with E-state index >= 15 is 0 Å². The van der Waals surface area contributed by atoms with Gasteiger partial charge in [0.05, 0.1) is 7.11 Å². The van der Waals surface area contributed by atoms with Gasteiger partial charge >= 0.3 is 6.61 Å². The number of halogens is 2. The summed E-state index contributed by atoms with van der Waals surface area (Å²) in [5.74, 6) is -0.735. The molecular weight excluding hydrogens is 358 g/mol. The molecule has 0 unspecified atom stereocenters. The lowest BCUT2D eigenvalue weighted by Gasteiger charge is -2.12. The maximum Gasteiger partial charge on any atom is 0.387 e. The molecular formula is C19H20F2N2O4. The lowest BCUT2D eigenvalue weighted by molar-refractivity contribution is -0.0512. The van der Waals surface area contributed by atoms with Gasteiger partial charge in [-0.1, -0.05) is 12.1 Å². The Kier molecular flexibility index (Phi) is 7.10. The SMILES string of the molecule is CCNC(=O)c1ccc(CNC(=O)c2ccc(OC)c(OC(F)F)c2)cc1. The third-order valence-corrected chi connectivity index (χ3v) is 3.65. The van der Waals surface area contributed by atoms with Gasteiger partial charge in [0.15, 0.2) is 11.5 Å². The standard InChI is InChI=1S/C19H20F2N2O4/c1-3-22-17(24)13-6-4-12(5-7-13)11-23-18(25)14-8-9-15(26-2)16(10-14)27-19(20)21/h4-10,19H,3,11H2,1-2H3,(H,22,24)(H,23,25). The van der Waals surface area contributed by atoms with Crippen molar-refractivity contribution in [3.05, 3.63) is 59.2 Å². The van der Waals surface area contributed by atoms with Crippen molar-refractivity contribution >= 4 is 11.8 Å². The van der Waals surface area contributed by atoms with Gasteiger partial charge in [-0.2, -0.15) is 8.78 Å². The molecule has 0 bridgehead atoms. The van der Waals surface area contributed by atoms with E-state index in [0.717, 1.165) is 5.56 Å². The molecule has 2 rings (SSSR count). The molecule has 27 heavy (non-hydrogen) atoms. The molecule has 0 spiro atoms. The van der Waals surface area contributed by atoms with E-state index < -0.39 is 12.5 Å². The van der Waals surface area contributed by atoms with Crippen LogP contribution in [0, 0.1) is 0 Å². The summed E-state index contributed by atoms with van der Waals surface area (Å²) in [6, 6.07) is 10.8. The van der Waals surface area contributed by atoms with Crippen LogP contribution in [0.1, 0.15) is 33.2 Å².